The monoisotopic (exact) mass is 392 g/mol. The molecule has 5 heterocycles. The summed E-state index contributed by atoms with van der Waals surface area (Å²) in [7, 11) is 0. The van der Waals surface area contributed by atoms with Crippen molar-refractivity contribution in [3.05, 3.63) is 71.2 Å². The predicted octanol–water partition coefficient (Wildman–Crippen LogP) is 2.20. The zero-order valence-electron chi connectivity index (χ0n) is 16.0. The number of fused-ring (bicyclic) bond motifs is 2. The average Bonchev–Trinajstić information content (AvgIpc) is 3.43. The quantitative estimate of drug-likeness (QED) is 0.553. The molecule has 29 heavy (non-hydrogen) atoms. The topological polar surface area (TPSA) is 113 Å². The van der Waals surface area contributed by atoms with E-state index in [2.05, 4.69) is 20.1 Å². The van der Waals surface area contributed by atoms with Crippen LogP contribution >= 0.6 is 0 Å². The number of H-pyrrole nitrogens is 1. The molecule has 5 rings (SSSR count). The number of aromatic amines is 1. The first-order valence-corrected chi connectivity index (χ1v) is 9.45. The smallest absolute Gasteiger partial charge is 0.292 e. The van der Waals surface area contributed by atoms with E-state index in [1.165, 1.54) is 0 Å². The van der Waals surface area contributed by atoms with Crippen molar-refractivity contribution in [2.45, 2.75) is 32.4 Å². The van der Waals surface area contributed by atoms with Crippen LogP contribution in [0.15, 0.2) is 41.2 Å². The number of amides is 1. The summed E-state index contributed by atoms with van der Waals surface area (Å²) < 4.78 is 7.38. The van der Waals surface area contributed by atoms with Crippen molar-refractivity contribution in [3.63, 3.8) is 0 Å². The summed E-state index contributed by atoms with van der Waals surface area (Å²) in [5, 5.41) is 14.4. The first-order valence-electron chi connectivity index (χ1n) is 9.45. The minimum atomic E-state index is -0.885. The number of oxazole rings is 1. The van der Waals surface area contributed by atoms with Gasteiger partial charge < -0.3 is 19.4 Å². The summed E-state index contributed by atoms with van der Waals surface area (Å²) >= 11 is 0. The molecule has 2 N–H and O–H groups in total. The highest BCUT2D eigenvalue weighted by Crippen LogP contribution is 2.34. The molecule has 1 aliphatic rings. The van der Waals surface area contributed by atoms with E-state index in [0.717, 1.165) is 22.6 Å². The van der Waals surface area contributed by atoms with Crippen LogP contribution in [0.4, 0.5) is 0 Å². The van der Waals surface area contributed by atoms with Crippen LogP contribution in [0.3, 0.4) is 0 Å². The van der Waals surface area contributed by atoms with Crippen molar-refractivity contribution < 1.29 is 14.3 Å². The zero-order valence-corrected chi connectivity index (χ0v) is 16.0. The molecule has 4 aromatic rings. The SMILES string of the molecule is Cc1nc(C(C)O)oc1C(=O)N1CCc2[nH]cnc2C1c1cc2ccccn2n1. The first-order chi connectivity index (χ1) is 14.0. The number of aryl methyl sites for hydroxylation is 1. The van der Waals surface area contributed by atoms with Gasteiger partial charge in [0.25, 0.3) is 5.91 Å². The van der Waals surface area contributed by atoms with Crippen LogP contribution in [-0.2, 0) is 6.42 Å². The molecule has 148 valence electrons. The Kier molecular flexibility index (Phi) is 3.99. The standard InChI is InChI=1S/C20H20N6O3/c1-11-18(29-19(23-11)12(2)27)20(28)25-8-6-14-16(22-10-21-14)17(25)15-9-13-5-3-4-7-26(13)24-15/h3-5,7,9-10,12,17,27H,6,8H2,1-2H3,(H,21,22). The van der Waals surface area contributed by atoms with Crippen LogP contribution in [0.5, 0.6) is 0 Å². The number of rotatable bonds is 3. The molecule has 0 spiro atoms. The highest BCUT2D eigenvalue weighted by Gasteiger charge is 2.38. The van der Waals surface area contributed by atoms with Crippen LogP contribution in [-0.4, -0.2) is 47.0 Å². The Morgan fingerprint density at radius 2 is 2.28 bits per heavy atom. The van der Waals surface area contributed by atoms with E-state index in [1.54, 1.807) is 29.6 Å². The van der Waals surface area contributed by atoms with Gasteiger partial charge in [0.2, 0.25) is 11.7 Å². The minimum absolute atomic E-state index is 0.132. The van der Waals surface area contributed by atoms with Crippen molar-refractivity contribution in [3.8, 4) is 0 Å². The summed E-state index contributed by atoms with van der Waals surface area (Å²) in [4.78, 5) is 27.0. The fourth-order valence-corrected chi connectivity index (χ4v) is 3.81. The van der Waals surface area contributed by atoms with Crippen molar-refractivity contribution in [2.24, 2.45) is 0 Å². The molecule has 0 aromatic carbocycles. The Morgan fingerprint density at radius 1 is 1.41 bits per heavy atom. The summed E-state index contributed by atoms with van der Waals surface area (Å²) in [6.45, 7) is 3.74. The minimum Gasteiger partial charge on any atom is -0.432 e. The summed E-state index contributed by atoms with van der Waals surface area (Å²) in [6, 6.07) is 7.33. The van der Waals surface area contributed by atoms with Crippen molar-refractivity contribution in [1.29, 1.82) is 0 Å². The number of hydrogen-bond donors (Lipinski definition) is 2. The fourth-order valence-electron chi connectivity index (χ4n) is 3.81. The molecule has 1 amide bonds. The Balaban J connectivity index is 1.60. The van der Waals surface area contributed by atoms with Crippen LogP contribution in [0.2, 0.25) is 0 Å². The molecule has 0 bridgehead atoms. The highest BCUT2D eigenvalue weighted by atomic mass is 16.4. The number of aliphatic hydroxyl groups is 1. The Bertz CT molecular complexity index is 1170. The van der Waals surface area contributed by atoms with Gasteiger partial charge in [0, 0.05) is 24.9 Å². The lowest BCUT2D eigenvalue weighted by molar-refractivity contribution is 0.0644. The van der Waals surface area contributed by atoms with Crippen molar-refractivity contribution in [2.75, 3.05) is 6.54 Å². The zero-order chi connectivity index (χ0) is 20.1. The van der Waals surface area contributed by atoms with Gasteiger partial charge in [-0.05, 0) is 32.0 Å². The third kappa shape index (κ3) is 2.82. The van der Waals surface area contributed by atoms with Gasteiger partial charge in [-0.1, -0.05) is 6.07 Å². The van der Waals surface area contributed by atoms with Gasteiger partial charge >= 0.3 is 0 Å². The summed E-state index contributed by atoms with van der Waals surface area (Å²) in [6.07, 6.45) is 3.28. The Hall–Kier alpha value is -3.46. The second-order valence-electron chi connectivity index (χ2n) is 7.20. The molecule has 0 saturated carbocycles. The van der Waals surface area contributed by atoms with Crippen LogP contribution < -0.4 is 0 Å². The van der Waals surface area contributed by atoms with E-state index >= 15 is 0 Å². The molecule has 0 fully saturated rings. The van der Waals surface area contributed by atoms with E-state index in [-0.39, 0.29) is 17.6 Å². The fraction of sp³-hybridized carbons (Fsp3) is 0.300. The molecule has 9 heteroatoms. The van der Waals surface area contributed by atoms with E-state index in [0.29, 0.717) is 18.7 Å². The predicted molar refractivity (Wildman–Crippen MR) is 102 cm³/mol. The molecule has 0 saturated heterocycles. The second-order valence-corrected chi connectivity index (χ2v) is 7.20. The molecule has 0 aliphatic carbocycles. The Morgan fingerprint density at radius 3 is 3.03 bits per heavy atom. The second kappa shape index (κ2) is 6.56. The van der Waals surface area contributed by atoms with Gasteiger partial charge in [-0.3, -0.25) is 4.79 Å². The number of pyridine rings is 1. The first kappa shape index (κ1) is 17.6. The molecule has 2 unspecified atom stereocenters. The Labute approximate surface area is 166 Å². The van der Waals surface area contributed by atoms with Crippen LogP contribution in [0.25, 0.3) is 5.52 Å². The van der Waals surface area contributed by atoms with E-state index in [4.69, 9.17) is 4.42 Å². The number of nitrogens with one attached hydrogen (secondary N) is 1. The van der Waals surface area contributed by atoms with E-state index < -0.39 is 12.1 Å². The van der Waals surface area contributed by atoms with Crippen LogP contribution in [0.1, 0.15) is 58.3 Å². The average molecular weight is 392 g/mol. The molecule has 9 nitrogen and oxygen atoms in total. The third-order valence-electron chi connectivity index (χ3n) is 5.22. The highest BCUT2D eigenvalue weighted by molar-refractivity contribution is 5.93. The van der Waals surface area contributed by atoms with Gasteiger partial charge in [-0.2, -0.15) is 5.10 Å². The summed E-state index contributed by atoms with van der Waals surface area (Å²) in [5.41, 5.74) is 3.89. The maximum absolute atomic E-state index is 13.4. The third-order valence-corrected chi connectivity index (χ3v) is 5.22. The lowest BCUT2D eigenvalue weighted by Crippen LogP contribution is -2.41. The number of carbonyl (C=O) groups excluding carboxylic acids is 1. The van der Waals surface area contributed by atoms with Gasteiger partial charge in [-0.25, -0.2) is 14.5 Å². The van der Waals surface area contributed by atoms with E-state index in [1.807, 2.05) is 30.5 Å². The number of nitrogens with zero attached hydrogens (tertiary/aromatic N) is 5. The molecule has 1 aliphatic heterocycles. The van der Waals surface area contributed by atoms with E-state index in [9.17, 15) is 9.90 Å². The number of aromatic nitrogens is 5. The molecule has 0 radical (unpaired) electrons. The lowest BCUT2D eigenvalue weighted by Gasteiger charge is -2.33. The maximum Gasteiger partial charge on any atom is 0.292 e. The summed E-state index contributed by atoms with van der Waals surface area (Å²) in [5.74, 6) is -0.0288. The molecule has 4 aromatic heterocycles. The number of carbonyl (C=O) groups is 1. The van der Waals surface area contributed by atoms with Gasteiger partial charge in [0.15, 0.2) is 0 Å². The molecular weight excluding hydrogens is 372 g/mol. The van der Waals surface area contributed by atoms with Crippen molar-refractivity contribution in [1.82, 2.24) is 29.5 Å². The van der Waals surface area contributed by atoms with Gasteiger partial charge in [0.1, 0.15) is 12.1 Å². The lowest BCUT2D eigenvalue weighted by atomic mass is 9.99. The van der Waals surface area contributed by atoms with Crippen LogP contribution in [0, 0.1) is 6.92 Å². The normalized spacial score (nSPS) is 17.5. The molecule has 2 atom stereocenters. The number of aliphatic hydroxyl groups excluding tert-OH is 1. The number of imidazole rings is 1. The van der Waals surface area contributed by atoms with Crippen molar-refractivity contribution >= 4 is 11.4 Å². The van der Waals surface area contributed by atoms with Gasteiger partial charge in [-0.15, -0.1) is 0 Å². The number of hydrogen-bond acceptors (Lipinski definition) is 6. The van der Waals surface area contributed by atoms with Gasteiger partial charge in [0.05, 0.1) is 28.9 Å². The largest absolute Gasteiger partial charge is 0.432 e. The maximum atomic E-state index is 13.4. The molecular formula is C20H20N6O3.